The first-order chi connectivity index (χ1) is 6.67. The molecule has 0 bridgehead atoms. The second-order valence-corrected chi connectivity index (χ2v) is 3.55. The molecule has 0 aliphatic carbocycles. The van der Waals surface area contributed by atoms with Crippen molar-refractivity contribution in [2.24, 2.45) is 11.7 Å². The van der Waals surface area contributed by atoms with Gasteiger partial charge < -0.3 is 16.4 Å². The van der Waals surface area contributed by atoms with E-state index in [0.717, 1.165) is 6.42 Å². The molecular formula is C9H17N3O2. The maximum Gasteiger partial charge on any atom is 0.224 e. The van der Waals surface area contributed by atoms with Crippen molar-refractivity contribution < 1.29 is 9.59 Å². The molecule has 80 valence electrons. The maximum absolute atomic E-state index is 11.5. The predicted molar refractivity (Wildman–Crippen MR) is 52.4 cm³/mol. The Kier molecular flexibility index (Phi) is 3.88. The average molecular weight is 199 g/mol. The summed E-state index contributed by atoms with van der Waals surface area (Å²) in [5.41, 5.74) is 5.44. The fourth-order valence-corrected chi connectivity index (χ4v) is 1.49. The van der Waals surface area contributed by atoms with E-state index >= 15 is 0 Å². The van der Waals surface area contributed by atoms with Crippen LogP contribution >= 0.6 is 0 Å². The van der Waals surface area contributed by atoms with Crippen molar-refractivity contribution >= 4 is 11.8 Å². The summed E-state index contributed by atoms with van der Waals surface area (Å²) in [6.45, 7) is 2.82. The molecule has 0 spiro atoms. The minimum atomic E-state index is -0.134. The third kappa shape index (κ3) is 2.70. The van der Waals surface area contributed by atoms with Crippen LogP contribution in [0.25, 0.3) is 0 Å². The van der Waals surface area contributed by atoms with Crippen LogP contribution in [0.5, 0.6) is 0 Å². The normalized spacial score (nSPS) is 23.0. The fourth-order valence-electron chi connectivity index (χ4n) is 1.49. The Hall–Kier alpha value is -1.10. The Morgan fingerprint density at radius 2 is 2.50 bits per heavy atom. The first kappa shape index (κ1) is 11.0. The minimum absolute atomic E-state index is 0.00361. The highest BCUT2D eigenvalue weighted by Crippen LogP contribution is 2.04. The zero-order chi connectivity index (χ0) is 10.6. The van der Waals surface area contributed by atoms with Gasteiger partial charge in [-0.3, -0.25) is 9.59 Å². The van der Waals surface area contributed by atoms with Gasteiger partial charge in [0.15, 0.2) is 0 Å². The topological polar surface area (TPSA) is 84.2 Å². The highest BCUT2D eigenvalue weighted by atomic mass is 16.2. The van der Waals surface area contributed by atoms with Crippen LogP contribution in [0, 0.1) is 5.92 Å². The van der Waals surface area contributed by atoms with Gasteiger partial charge in [-0.25, -0.2) is 0 Å². The van der Waals surface area contributed by atoms with Crippen molar-refractivity contribution in [3.63, 3.8) is 0 Å². The van der Waals surface area contributed by atoms with Crippen LogP contribution in [-0.2, 0) is 9.59 Å². The molecular weight excluding hydrogens is 182 g/mol. The number of nitrogens with two attached hydrogens (primary N) is 1. The summed E-state index contributed by atoms with van der Waals surface area (Å²) in [6, 6.07) is -0.0596. The SMILES string of the molecule is CCC(CN)C(=O)NC1CNC(=O)C1. The monoisotopic (exact) mass is 199 g/mol. The molecule has 0 aromatic carbocycles. The Balaban J connectivity index is 2.36. The Morgan fingerprint density at radius 3 is 2.93 bits per heavy atom. The second-order valence-electron chi connectivity index (χ2n) is 3.55. The zero-order valence-electron chi connectivity index (χ0n) is 8.38. The predicted octanol–water partition coefficient (Wildman–Crippen LogP) is -1.02. The molecule has 0 aromatic heterocycles. The molecule has 2 unspecified atom stereocenters. The lowest BCUT2D eigenvalue weighted by molar-refractivity contribution is -0.125. The molecule has 1 aliphatic heterocycles. The number of rotatable bonds is 4. The number of amides is 2. The van der Waals surface area contributed by atoms with Gasteiger partial charge in [0, 0.05) is 25.4 Å². The molecule has 1 heterocycles. The third-order valence-corrected chi connectivity index (χ3v) is 2.47. The Morgan fingerprint density at radius 1 is 1.79 bits per heavy atom. The lowest BCUT2D eigenvalue weighted by Crippen LogP contribution is -2.42. The number of hydrogen-bond acceptors (Lipinski definition) is 3. The van der Waals surface area contributed by atoms with Crippen LogP contribution in [0.3, 0.4) is 0 Å². The second kappa shape index (κ2) is 4.95. The first-order valence-electron chi connectivity index (χ1n) is 4.94. The molecule has 1 aliphatic rings. The summed E-state index contributed by atoms with van der Waals surface area (Å²) >= 11 is 0. The molecule has 5 nitrogen and oxygen atoms in total. The first-order valence-corrected chi connectivity index (χ1v) is 4.94. The minimum Gasteiger partial charge on any atom is -0.354 e. The summed E-state index contributed by atoms with van der Waals surface area (Å²) in [6.07, 6.45) is 1.11. The number of nitrogens with one attached hydrogen (secondary N) is 2. The smallest absolute Gasteiger partial charge is 0.224 e. The van der Waals surface area contributed by atoms with E-state index in [0.29, 0.717) is 19.5 Å². The number of carbonyl (C=O) groups is 2. The van der Waals surface area contributed by atoms with Crippen LogP contribution in [0.1, 0.15) is 19.8 Å². The maximum atomic E-state index is 11.5. The molecule has 0 saturated carbocycles. The van der Waals surface area contributed by atoms with E-state index in [2.05, 4.69) is 10.6 Å². The van der Waals surface area contributed by atoms with Gasteiger partial charge in [0.1, 0.15) is 0 Å². The zero-order valence-corrected chi connectivity index (χ0v) is 8.38. The van der Waals surface area contributed by atoms with Crippen molar-refractivity contribution in [2.75, 3.05) is 13.1 Å². The van der Waals surface area contributed by atoms with E-state index in [1.165, 1.54) is 0 Å². The quantitative estimate of drug-likeness (QED) is 0.541. The van der Waals surface area contributed by atoms with Gasteiger partial charge in [0.2, 0.25) is 11.8 Å². The summed E-state index contributed by atoms with van der Waals surface area (Å²) in [4.78, 5) is 22.4. The molecule has 1 saturated heterocycles. The van der Waals surface area contributed by atoms with E-state index in [1.807, 2.05) is 6.92 Å². The molecule has 0 radical (unpaired) electrons. The summed E-state index contributed by atoms with van der Waals surface area (Å²) in [5, 5.41) is 5.47. The van der Waals surface area contributed by atoms with Crippen LogP contribution in [0.15, 0.2) is 0 Å². The van der Waals surface area contributed by atoms with E-state index in [9.17, 15) is 9.59 Å². The van der Waals surface area contributed by atoms with Crippen molar-refractivity contribution in [1.29, 1.82) is 0 Å². The molecule has 2 atom stereocenters. The lowest BCUT2D eigenvalue weighted by atomic mass is 10.1. The molecule has 14 heavy (non-hydrogen) atoms. The van der Waals surface area contributed by atoms with Gasteiger partial charge in [-0.05, 0) is 6.42 Å². The lowest BCUT2D eigenvalue weighted by Gasteiger charge is -2.15. The number of carbonyl (C=O) groups excluding carboxylic acids is 2. The van der Waals surface area contributed by atoms with E-state index in [4.69, 9.17) is 5.73 Å². The van der Waals surface area contributed by atoms with E-state index in [-0.39, 0.29) is 23.8 Å². The summed E-state index contributed by atoms with van der Waals surface area (Å²) < 4.78 is 0. The highest BCUT2D eigenvalue weighted by molar-refractivity contribution is 5.83. The van der Waals surface area contributed by atoms with Gasteiger partial charge in [0.05, 0.1) is 6.04 Å². The Bertz CT molecular complexity index is 226. The molecule has 1 rings (SSSR count). The fraction of sp³-hybridized carbons (Fsp3) is 0.778. The molecule has 5 heteroatoms. The summed E-state index contributed by atoms with van der Waals surface area (Å²) in [5.74, 6) is -0.182. The molecule has 4 N–H and O–H groups in total. The number of hydrogen-bond donors (Lipinski definition) is 3. The van der Waals surface area contributed by atoms with Gasteiger partial charge in [-0.2, -0.15) is 0 Å². The third-order valence-electron chi connectivity index (χ3n) is 2.47. The van der Waals surface area contributed by atoms with Crippen molar-refractivity contribution in [3.8, 4) is 0 Å². The van der Waals surface area contributed by atoms with Gasteiger partial charge in [-0.15, -0.1) is 0 Å². The van der Waals surface area contributed by atoms with E-state index < -0.39 is 0 Å². The summed E-state index contributed by atoms with van der Waals surface area (Å²) in [7, 11) is 0. The Labute approximate surface area is 83.4 Å². The standard InChI is InChI=1S/C9H17N3O2/c1-2-6(4-10)9(14)12-7-3-8(13)11-5-7/h6-7H,2-5,10H2,1H3,(H,11,13)(H,12,14). The van der Waals surface area contributed by atoms with Crippen molar-refractivity contribution in [1.82, 2.24) is 10.6 Å². The van der Waals surface area contributed by atoms with E-state index in [1.54, 1.807) is 0 Å². The van der Waals surface area contributed by atoms with Crippen molar-refractivity contribution in [3.05, 3.63) is 0 Å². The van der Waals surface area contributed by atoms with Gasteiger partial charge in [0.25, 0.3) is 0 Å². The van der Waals surface area contributed by atoms with Gasteiger partial charge >= 0.3 is 0 Å². The van der Waals surface area contributed by atoms with Crippen LogP contribution < -0.4 is 16.4 Å². The van der Waals surface area contributed by atoms with Crippen LogP contribution in [0.4, 0.5) is 0 Å². The van der Waals surface area contributed by atoms with Crippen LogP contribution in [-0.4, -0.2) is 30.9 Å². The largest absolute Gasteiger partial charge is 0.354 e. The van der Waals surface area contributed by atoms with Gasteiger partial charge in [-0.1, -0.05) is 6.92 Å². The van der Waals surface area contributed by atoms with Crippen molar-refractivity contribution in [2.45, 2.75) is 25.8 Å². The molecule has 0 aromatic rings. The average Bonchev–Trinajstić information content (AvgIpc) is 2.53. The molecule has 2 amide bonds. The highest BCUT2D eigenvalue weighted by Gasteiger charge is 2.25. The molecule has 1 fully saturated rings. The van der Waals surface area contributed by atoms with Crippen LogP contribution in [0.2, 0.25) is 0 Å².